The van der Waals surface area contributed by atoms with Gasteiger partial charge in [-0.2, -0.15) is 14.9 Å². The molecule has 0 aliphatic carbocycles. The van der Waals surface area contributed by atoms with E-state index in [1.807, 2.05) is 55.5 Å². The Hall–Kier alpha value is -2.93. The Kier molecular flexibility index (Phi) is 5.80. The van der Waals surface area contributed by atoms with E-state index in [1.165, 1.54) is 0 Å². The molecule has 2 aromatic carbocycles. The third-order valence-electron chi connectivity index (χ3n) is 3.80. The van der Waals surface area contributed by atoms with E-state index in [-0.39, 0.29) is 0 Å². The van der Waals surface area contributed by atoms with Crippen LogP contribution in [0, 0.1) is 4.77 Å². The Morgan fingerprint density at radius 1 is 1.19 bits per heavy atom. The number of nitrogens with zero attached hydrogens (tertiary/aromatic N) is 3. The van der Waals surface area contributed by atoms with Gasteiger partial charge >= 0.3 is 0 Å². The molecule has 0 spiro atoms. The number of H-pyrrole nitrogens is 1. The Bertz CT molecular complexity index is 948. The highest BCUT2D eigenvalue weighted by Crippen LogP contribution is 2.30. The second-order valence-corrected chi connectivity index (χ2v) is 5.89. The number of aromatic nitrogens is 3. The lowest BCUT2D eigenvalue weighted by molar-refractivity contribution is 0.284. The van der Waals surface area contributed by atoms with Gasteiger partial charge in [0.15, 0.2) is 17.3 Å². The zero-order valence-electron chi connectivity index (χ0n) is 14.7. The maximum absolute atomic E-state index is 6.03. The number of benzene rings is 2. The van der Waals surface area contributed by atoms with Crippen molar-refractivity contribution < 1.29 is 9.47 Å². The normalized spacial score (nSPS) is 11.0. The van der Waals surface area contributed by atoms with Gasteiger partial charge in [0.25, 0.3) is 0 Å². The molecule has 0 saturated heterocycles. The molecular formula is C19H20N4O2S. The fraction of sp³-hybridized carbons (Fsp3) is 0.211. The van der Waals surface area contributed by atoms with Crippen LogP contribution in [-0.2, 0) is 13.0 Å². The molecule has 0 aliphatic heterocycles. The summed E-state index contributed by atoms with van der Waals surface area (Å²) in [6, 6.07) is 15.6. The lowest BCUT2D eigenvalue weighted by Gasteiger charge is -2.13. The number of ether oxygens (including phenoxy) is 2. The summed E-state index contributed by atoms with van der Waals surface area (Å²) >= 11 is 5.23. The molecule has 1 heterocycles. The number of methoxy groups -OCH3 is 1. The van der Waals surface area contributed by atoms with Crippen LogP contribution in [0.2, 0.25) is 0 Å². The van der Waals surface area contributed by atoms with Gasteiger partial charge in [-0.05, 0) is 29.9 Å². The van der Waals surface area contributed by atoms with Gasteiger partial charge in [0.2, 0.25) is 4.77 Å². The standard InChI is InChI=1S/C19H20N4O2S/c1-3-17-21-22-19(26)23(17)20-12-15-10-7-11-16(24-2)18(15)25-13-14-8-5-4-6-9-14/h4-12H,3,13H2,1-2H3,(H,22,26)/b20-12+. The molecule has 0 bridgehead atoms. The van der Waals surface area contributed by atoms with Crippen LogP contribution in [0.4, 0.5) is 0 Å². The SMILES string of the molecule is CCc1n[nH]c(=S)n1/N=C/c1cccc(OC)c1OCc1ccccc1. The largest absolute Gasteiger partial charge is 0.493 e. The van der Waals surface area contributed by atoms with Crippen molar-refractivity contribution in [1.29, 1.82) is 0 Å². The van der Waals surface area contributed by atoms with Crippen molar-refractivity contribution in [2.45, 2.75) is 20.0 Å². The summed E-state index contributed by atoms with van der Waals surface area (Å²) in [5.41, 5.74) is 1.87. The van der Waals surface area contributed by atoms with Crippen molar-refractivity contribution in [2.75, 3.05) is 7.11 Å². The first kappa shape index (κ1) is 17.9. The summed E-state index contributed by atoms with van der Waals surface area (Å²) in [6.07, 6.45) is 2.42. The minimum Gasteiger partial charge on any atom is -0.493 e. The summed E-state index contributed by atoms with van der Waals surface area (Å²) in [4.78, 5) is 0. The summed E-state index contributed by atoms with van der Waals surface area (Å²) in [7, 11) is 1.62. The van der Waals surface area contributed by atoms with Crippen LogP contribution >= 0.6 is 12.2 Å². The second-order valence-electron chi connectivity index (χ2n) is 5.51. The molecule has 0 aliphatic rings. The van der Waals surface area contributed by atoms with Crippen LogP contribution in [0.5, 0.6) is 11.5 Å². The molecule has 6 nitrogen and oxygen atoms in total. The fourth-order valence-electron chi connectivity index (χ4n) is 2.47. The third kappa shape index (κ3) is 4.00. The lowest BCUT2D eigenvalue weighted by Crippen LogP contribution is -2.02. The van der Waals surface area contributed by atoms with Crippen molar-refractivity contribution in [3.63, 3.8) is 0 Å². The topological polar surface area (TPSA) is 64.4 Å². The minimum absolute atomic E-state index is 0.438. The highest BCUT2D eigenvalue weighted by molar-refractivity contribution is 7.71. The van der Waals surface area contributed by atoms with Gasteiger partial charge in [-0.25, -0.2) is 0 Å². The summed E-state index contributed by atoms with van der Waals surface area (Å²) in [6.45, 7) is 2.43. The zero-order chi connectivity index (χ0) is 18.4. The van der Waals surface area contributed by atoms with Crippen molar-refractivity contribution in [1.82, 2.24) is 14.9 Å². The Balaban J connectivity index is 1.90. The fourth-order valence-corrected chi connectivity index (χ4v) is 2.67. The smallest absolute Gasteiger partial charge is 0.216 e. The number of rotatable bonds is 7. The molecule has 26 heavy (non-hydrogen) atoms. The van der Waals surface area contributed by atoms with Crippen molar-refractivity contribution in [3.8, 4) is 11.5 Å². The minimum atomic E-state index is 0.438. The van der Waals surface area contributed by atoms with E-state index in [1.54, 1.807) is 18.0 Å². The van der Waals surface area contributed by atoms with Crippen molar-refractivity contribution in [3.05, 3.63) is 70.3 Å². The number of hydrogen-bond donors (Lipinski definition) is 1. The number of aryl methyl sites for hydroxylation is 1. The van der Waals surface area contributed by atoms with Crippen molar-refractivity contribution >= 4 is 18.4 Å². The predicted octanol–water partition coefficient (Wildman–Crippen LogP) is 3.97. The van der Waals surface area contributed by atoms with E-state index in [9.17, 15) is 0 Å². The molecule has 1 N–H and O–H groups in total. The molecule has 3 aromatic rings. The van der Waals surface area contributed by atoms with Gasteiger partial charge < -0.3 is 9.47 Å². The lowest BCUT2D eigenvalue weighted by atomic mass is 10.2. The van der Waals surface area contributed by atoms with Gasteiger partial charge in [0, 0.05) is 12.0 Å². The quantitative estimate of drug-likeness (QED) is 0.506. The van der Waals surface area contributed by atoms with Gasteiger partial charge in [-0.1, -0.05) is 43.3 Å². The highest BCUT2D eigenvalue weighted by Gasteiger charge is 2.10. The first-order valence-corrected chi connectivity index (χ1v) is 8.68. The number of aromatic amines is 1. The van der Waals surface area contributed by atoms with Crippen LogP contribution in [-0.4, -0.2) is 28.2 Å². The van der Waals surface area contributed by atoms with Crippen LogP contribution in [0.1, 0.15) is 23.9 Å². The summed E-state index contributed by atoms with van der Waals surface area (Å²) in [5, 5.41) is 11.4. The second kappa shape index (κ2) is 8.44. The Morgan fingerprint density at radius 3 is 2.73 bits per heavy atom. The Labute approximate surface area is 157 Å². The van der Waals surface area contributed by atoms with E-state index >= 15 is 0 Å². The average Bonchev–Trinajstić information content (AvgIpc) is 3.05. The van der Waals surface area contributed by atoms with E-state index in [0.717, 1.165) is 23.4 Å². The molecule has 0 unspecified atom stereocenters. The first-order valence-electron chi connectivity index (χ1n) is 8.27. The molecule has 0 saturated carbocycles. The molecule has 0 atom stereocenters. The first-order chi connectivity index (χ1) is 12.7. The van der Waals surface area contributed by atoms with E-state index in [0.29, 0.717) is 22.9 Å². The van der Waals surface area contributed by atoms with Crippen molar-refractivity contribution in [2.24, 2.45) is 5.10 Å². The monoisotopic (exact) mass is 368 g/mol. The maximum atomic E-state index is 6.03. The molecule has 7 heteroatoms. The summed E-state index contributed by atoms with van der Waals surface area (Å²) in [5.74, 6) is 2.05. The molecular weight excluding hydrogens is 348 g/mol. The van der Waals surface area contributed by atoms with Gasteiger partial charge in [-0.15, -0.1) is 0 Å². The van der Waals surface area contributed by atoms with Crippen LogP contribution in [0.25, 0.3) is 0 Å². The number of para-hydroxylation sites is 1. The molecule has 1 aromatic heterocycles. The van der Waals surface area contributed by atoms with E-state index in [4.69, 9.17) is 21.7 Å². The maximum Gasteiger partial charge on any atom is 0.216 e. The van der Waals surface area contributed by atoms with Crippen LogP contribution in [0.15, 0.2) is 53.6 Å². The number of nitrogens with one attached hydrogen (secondary N) is 1. The third-order valence-corrected chi connectivity index (χ3v) is 4.07. The van der Waals surface area contributed by atoms with E-state index < -0.39 is 0 Å². The van der Waals surface area contributed by atoms with Crippen LogP contribution < -0.4 is 9.47 Å². The van der Waals surface area contributed by atoms with Gasteiger partial charge in [0.05, 0.1) is 13.3 Å². The molecule has 0 amide bonds. The average molecular weight is 368 g/mol. The van der Waals surface area contributed by atoms with Crippen LogP contribution in [0.3, 0.4) is 0 Å². The van der Waals surface area contributed by atoms with E-state index in [2.05, 4.69) is 15.3 Å². The van der Waals surface area contributed by atoms with Gasteiger partial charge in [0.1, 0.15) is 6.61 Å². The highest BCUT2D eigenvalue weighted by atomic mass is 32.1. The molecule has 134 valence electrons. The molecule has 0 radical (unpaired) electrons. The zero-order valence-corrected chi connectivity index (χ0v) is 15.5. The summed E-state index contributed by atoms with van der Waals surface area (Å²) < 4.78 is 13.5. The molecule has 0 fully saturated rings. The Morgan fingerprint density at radius 2 is 2.00 bits per heavy atom. The molecule has 3 rings (SSSR count). The number of hydrogen-bond acceptors (Lipinski definition) is 5. The van der Waals surface area contributed by atoms with Gasteiger partial charge in [-0.3, -0.25) is 5.10 Å². The predicted molar refractivity (Wildman–Crippen MR) is 104 cm³/mol.